The molecule has 55 heavy (non-hydrogen) atoms. The number of ether oxygens (including phenoxy) is 4. The van der Waals surface area contributed by atoms with Crippen LogP contribution in [0.25, 0.3) is 6.08 Å². The van der Waals surface area contributed by atoms with Crippen molar-refractivity contribution >= 4 is 47.6 Å². The van der Waals surface area contributed by atoms with E-state index in [1.165, 1.54) is 11.1 Å². The van der Waals surface area contributed by atoms with Crippen molar-refractivity contribution in [3.8, 4) is 28.9 Å². The van der Waals surface area contributed by atoms with Crippen molar-refractivity contribution in [1.29, 1.82) is 0 Å². The van der Waals surface area contributed by atoms with Crippen LogP contribution in [0.2, 0.25) is 10.0 Å². The predicted molar refractivity (Wildman–Crippen MR) is 222 cm³/mol. The van der Waals surface area contributed by atoms with Gasteiger partial charge in [0.2, 0.25) is 11.8 Å². The number of amides is 1. The Morgan fingerprint density at radius 1 is 0.818 bits per heavy atom. The third-order valence-corrected chi connectivity index (χ3v) is 9.56. The molecule has 4 aromatic carbocycles. The van der Waals surface area contributed by atoms with Gasteiger partial charge in [0.15, 0.2) is 5.75 Å². The standard InChI is InChI=1S/C44H45Cl2N3O5.ClH/c1-31(2)53-38-15-13-37(14-16-38)51-25-20-33-8-10-34(11-9-33)29-48-21-23-49(24-22-48)43(50)19-12-35-26-32(3)44(41(46)27-35)54-42-18-17-39(28-47-42)52-30-36-6-4-5-7-40(36)45;/h4-19,26-28,31H,20-25,29-30H2,1-3H3;1H/b19-12+;. The summed E-state index contributed by atoms with van der Waals surface area (Å²) in [6.45, 7) is 10.7. The topological polar surface area (TPSA) is 73.4 Å². The number of aryl methyl sites for hydroxylation is 1. The highest BCUT2D eigenvalue weighted by molar-refractivity contribution is 6.32. The summed E-state index contributed by atoms with van der Waals surface area (Å²) < 4.78 is 23.5. The molecule has 0 bridgehead atoms. The van der Waals surface area contributed by atoms with Crippen LogP contribution in [-0.4, -0.2) is 59.6 Å². The Morgan fingerprint density at radius 3 is 2.18 bits per heavy atom. The first-order chi connectivity index (χ1) is 26.2. The maximum Gasteiger partial charge on any atom is 0.246 e. The van der Waals surface area contributed by atoms with E-state index in [9.17, 15) is 4.79 Å². The molecule has 0 saturated carbocycles. The molecule has 1 amide bonds. The van der Waals surface area contributed by atoms with Crippen LogP contribution in [-0.2, 0) is 24.4 Å². The van der Waals surface area contributed by atoms with Crippen molar-refractivity contribution in [2.75, 3.05) is 32.8 Å². The van der Waals surface area contributed by atoms with E-state index in [1.54, 1.807) is 36.5 Å². The molecule has 1 aromatic heterocycles. The van der Waals surface area contributed by atoms with Gasteiger partial charge < -0.3 is 23.8 Å². The number of aromatic nitrogens is 1. The average Bonchev–Trinajstić information content (AvgIpc) is 3.17. The number of hydrogen-bond acceptors (Lipinski definition) is 7. The first-order valence-corrected chi connectivity index (χ1v) is 18.9. The first-order valence-electron chi connectivity index (χ1n) is 18.2. The number of rotatable bonds is 15. The molecule has 1 saturated heterocycles. The van der Waals surface area contributed by atoms with Crippen LogP contribution in [0, 0.1) is 6.92 Å². The Balaban J connectivity index is 0.00000580. The van der Waals surface area contributed by atoms with Crippen LogP contribution in [0.15, 0.2) is 109 Å². The minimum atomic E-state index is -0.0174. The molecular formula is C44H46Cl3N3O5. The highest BCUT2D eigenvalue weighted by atomic mass is 35.5. The molecule has 0 spiro atoms. The van der Waals surface area contributed by atoms with E-state index in [1.807, 2.05) is 80.3 Å². The molecule has 1 aliphatic heterocycles. The van der Waals surface area contributed by atoms with E-state index in [0.29, 0.717) is 53.7 Å². The van der Waals surface area contributed by atoms with Crippen molar-refractivity contribution in [2.24, 2.45) is 0 Å². The van der Waals surface area contributed by atoms with E-state index in [2.05, 4.69) is 34.1 Å². The molecule has 0 unspecified atom stereocenters. The third kappa shape index (κ3) is 12.4. The lowest BCUT2D eigenvalue weighted by Gasteiger charge is -2.34. The van der Waals surface area contributed by atoms with Gasteiger partial charge >= 0.3 is 0 Å². The van der Waals surface area contributed by atoms with Gasteiger partial charge in [0.1, 0.15) is 23.9 Å². The number of halogens is 3. The summed E-state index contributed by atoms with van der Waals surface area (Å²) in [4.78, 5) is 21.7. The highest BCUT2D eigenvalue weighted by Gasteiger charge is 2.20. The van der Waals surface area contributed by atoms with E-state index >= 15 is 0 Å². The van der Waals surface area contributed by atoms with Gasteiger partial charge in [-0.25, -0.2) is 4.98 Å². The van der Waals surface area contributed by atoms with E-state index in [4.69, 9.17) is 42.1 Å². The molecule has 0 atom stereocenters. The summed E-state index contributed by atoms with van der Waals surface area (Å²) in [6, 6.07) is 31.2. The number of piperazine rings is 1. The zero-order chi connectivity index (χ0) is 37.9. The third-order valence-electron chi connectivity index (χ3n) is 8.91. The molecular weight excluding hydrogens is 757 g/mol. The van der Waals surface area contributed by atoms with Crippen LogP contribution in [0.5, 0.6) is 28.9 Å². The molecule has 288 valence electrons. The molecule has 1 aliphatic rings. The Hall–Kier alpha value is -4.73. The summed E-state index contributed by atoms with van der Waals surface area (Å²) in [5.41, 5.74) is 5.02. The van der Waals surface area contributed by atoms with Crippen molar-refractivity contribution < 1.29 is 23.7 Å². The van der Waals surface area contributed by atoms with Gasteiger partial charge in [0, 0.05) is 61.9 Å². The lowest BCUT2D eigenvalue weighted by molar-refractivity contribution is -0.127. The quantitative estimate of drug-likeness (QED) is 0.0976. The second-order valence-electron chi connectivity index (χ2n) is 13.5. The fraction of sp³-hybridized carbons (Fsp3) is 0.273. The number of carbonyl (C=O) groups is 1. The number of hydrogen-bond donors (Lipinski definition) is 0. The van der Waals surface area contributed by atoms with Gasteiger partial charge in [-0.1, -0.05) is 65.7 Å². The fourth-order valence-corrected chi connectivity index (χ4v) is 6.52. The molecule has 1 fully saturated rings. The highest BCUT2D eigenvalue weighted by Crippen LogP contribution is 2.34. The van der Waals surface area contributed by atoms with Gasteiger partial charge in [-0.3, -0.25) is 9.69 Å². The second kappa shape index (κ2) is 20.3. The lowest BCUT2D eigenvalue weighted by atomic mass is 10.1. The second-order valence-corrected chi connectivity index (χ2v) is 14.3. The van der Waals surface area contributed by atoms with Crippen molar-refractivity contribution in [1.82, 2.24) is 14.8 Å². The smallest absolute Gasteiger partial charge is 0.246 e. The van der Waals surface area contributed by atoms with Crippen molar-refractivity contribution in [2.45, 2.75) is 46.4 Å². The normalized spacial score (nSPS) is 13.1. The molecule has 5 aromatic rings. The van der Waals surface area contributed by atoms with Crippen LogP contribution < -0.4 is 18.9 Å². The largest absolute Gasteiger partial charge is 0.493 e. The SMILES string of the molecule is Cc1cc(/C=C/C(=O)N2CCN(Cc3ccc(CCOc4ccc(OC(C)C)cc4)cc3)CC2)cc(Cl)c1Oc1ccc(OCc2ccccc2Cl)cn1.Cl. The molecule has 0 aliphatic carbocycles. The summed E-state index contributed by atoms with van der Waals surface area (Å²) in [5, 5.41) is 1.08. The Morgan fingerprint density at radius 2 is 1.51 bits per heavy atom. The van der Waals surface area contributed by atoms with Crippen molar-refractivity contribution in [3.05, 3.63) is 147 Å². The fourth-order valence-electron chi connectivity index (χ4n) is 6.02. The summed E-state index contributed by atoms with van der Waals surface area (Å²) in [5.74, 6) is 3.15. The summed E-state index contributed by atoms with van der Waals surface area (Å²) in [6.07, 6.45) is 5.99. The molecule has 8 nitrogen and oxygen atoms in total. The average molecular weight is 803 g/mol. The predicted octanol–water partition coefficient (Wildman–Crippen LogP) is 10.3. The maximum atomic E-state index is 13.1. The van der Waals surface area contributed by atoms with E-state index in [-0.39, 0.29) is 24.4 Å². The van der Waals surface area contributed by atoms with Gasteiger partial charge in [-0.05, 0) is 97.6 Å². The lowest BCUT2D eigenvalue weighted by Crippen LogP contribution is -2.47. The van der Waals surface area contributed by atoms with Crippen LogP contribution in [0.1, 0.15) is 41.7 Å². The van der Waals surface area contributed by atoms with Gasteiger partial charge in [0.25, 0.3) is 0 Å². The van der Waals surface area contributed by atoms with Crippen LogP contribution in [0.3, 0.4) is 0 Å². The molecule has 0 radical (unpaired) electrons. The van der Waals surface area contributed by atoms with Gasteiger partial charge in [0.05, 0.1) is 23.9 Å². The monoisotopic (exact) mass is 801 g/mol. The van der Waals surface area contributed by atoms with Crippen LogP contribution in [0.4, 0.5) is 0 Å². The number of carbonyl (C=O) groups excluding carboxylic acids is 1. The zero-order valence-corrected chi connectivity index (χ0v) is 33.6. The summed E-state index contributed by atoms with van der Waals surface area (Å²) >= 11 is 12.9. The first kappa shape index (κ1) is 41.4. The Kier molecular flexibility index (Phi) is 15.3. The number of nitrogens with zero attached hydrogens (tertiary/aromatic N) is 3. The minimum absolute atomic E-state index is 0. The molecule has 0 N–H and O–H groups in total. The molecule has 6 rings (SSSR count). The van der Waals surface area contributed by atoms with E-state index < -0.39 is 0 Å². The van der Waals surface area contributed by atoms with E-state index in [0.717, 1.165) is 54.2 Å². The summed E-state index contributed by atoms with van der Waals surface area (Å²) in [7, 11) is 0. The zero-order valence-electron chi connectivity index (χ0n) is 31.3. The minimum Gasteiger partial charge on any atom is -0.493 e. The number of benzene rings is 4. The van der Waals surface area contributed by atoms with Gasteiger partial charge in [-0.2, -0.15) is 0 Å². The van der Waals surface area contributed by atoms with Crippen LogP contribution >= 0.6 is 35.6 Å². The van der Waals surface area contributed by atoms with Gasteiger partial charge in [-0.15, -0.1) is 12.4 Å². The Labute approximate surface area is 340 Å². The Bertz CT molecular complexity index is 1990. The number of pyridine rings is 1. The molecule has 11 heteroatoms. The molecule has 2 heterocycles. The maximum absolute atomic E-state index is 13.1. The van der Waals surface area contributed by atoms with Crippen molar-refractivity contribution in [3.63, 3.8) is 0 Å².